The molecule has 0 radical (unpaired) electrons. The molecule has 0 saturated carbocycles. The van der Waals surface area contributed by atoms with Crippen molar-refractivity contribution in [3.05, 3.63) is 53.6 Å². The van der Waals surface area contributed by atoms with Gasteiger partial charge in [-0.15, -0.1) is 0 Å². The fourth-order valence-electron chi connectivity index (χ4n) is 2.01. The maximum Gasteiger partial charge on any atom is 0.175 e. The summed E-state index contributed by atoms with van der Waals surface area (Å²) in [6.45, 7) is 2.85. The molecule has 0 bridgehead atoms. The van der Waals surface area contributed by atoms with Crippen LogP contribution < -0.4 is 10.1 Å². The predicted molar refractivity (Wildman–Crippen MR) is 83.6 cm³/mol. The number of aryl methyl sites for hydroxylation is 1. The van der Waals surface area contributed by atoms with E-state index in [0.717, 1.165) is 17.9 Å². The van der Waals surface area contributed by atoms with Gasteiger partial charge in [-0.05, 0) is 61.5 Å². The van der Waals surface area contributed by atoms with Crippen LogP contribution >= 0.6 is 0 Å². The Bertz CT molecular complexity index is 722. The van der Waals surface area contributed by atoms with Crippen molar-refractivity contribution in [1.29, 1.82) is 0 Å². The van der Waals surface area contributed by atoms with Crippen molar-refractivity contribution in [2.24, 2.45) is 0 Å². The SMILES string of the molecule is CNCc1ccc(Oc2ccc(S(C)(=O)=O)cc2)cc1C. The largest absolute Gasteiger partial charge is 0.457 e. The average Bonchev–Trinajstić information content (AvgIpc) is 2.42. The summed E-state index contributed by atoms with van der Waals surface area (Å²) in [7, 11) is -1.26. The number of hydrogen-bond donors (Lipinski definition) is 1. The van der Waals surface area contributed by atoms with Crippen molar-refractivity contribution in [3.63, 3.8) is 0 Å². The van der Waals surface area contributed by atoms with Crippen LogP contribution in [-0.4, -0.2) is 21.7 Å². The summed E-state index contributed by atoms with van der Waals surface area (Å²) in [5.74, 6) is 1.35. The number of sulfone groups is 1. The zero-order chi connectivity index (χ0) is 15.5. The molecule has 5 heteroatoms. The molecule has 0 aliphatic carbocycles. The van der Waals surface area contributed by atoms with E-state index in [4.69, 9.17) is 4.74 Å². The Hall–Kier alpha value is -1.85. The van der Waals surface area contributed by atoms with Gasteiger partial charge in [0, 0.05) is 12.8 Å². The van der Waals surface area contributed by atoms with E-state index in [9.17, 15) is 8.42 Å². The van der Waals surface area contributed by atoms with Crippen molar-refractivity contribution in [2.45, 2.75) is 18.4 Å². The van der Waals surface area contributed by atoms with Crippen molar-refractivity contribution in [1.82, 2.24) is 5.32 Å². The smallest absolute Gasteiger partial charge is 0.175 e. The van der Waals surface area contributed by atoms with E-state index in [2.05, 4.69) is 5.32 Å². The minimum atomic E-state index is -3.17. The number of benzene rings is 2. The van der Waals surface area contributed by atoms with Gasteiger partial charge < -0.3 is 10.1 Å². The first-order valence-corrected chi connectivity index (χ1v) is 8.51. The van der Waals surface area contributed by atoms with Crippen molar-refractivity contribution in [3.8, 4) is 11.5 Å². The van der Waals surface area contributed by atoms with Crippen LogP contribution in [0.5, 0.6) is 11.5 Å². The van der Waals surface area contributed by atoms with Crippen molar-refractivity contribution < 1.29 is 13.2 Å². The molecular formula is C16H19NO3S. The number of ether oxygens (including phenoxy) is 1. The van der Waals surface area contributed by atoms with Gasteiger partial charge in [0.05, 0.1) is 4.90 Å². The lowest BCUT2D eigenvalue weighted by Gasteiger charge is -2.10. The molecule has 2 aromatic carbocycles. The molecular weight excluding hydrogens is 286 g/mol. The summed E-state index contributed by atoms with van der Waals surface area (Å²) in [4.78, 5) is 0.287. The molecule has 0 amide bonds. The van der Waals surface area contributed by atoms with Crippen LogP contribution in [0.2, 0.25) is 0 Å². The molecule has 0 aliphatic heterocycles. The first-order chi connectivity index (χ1) is 9.90. The molecule has 0 fully saturated rings. The van der Waals surface area contributed by atoms with Crippen LogP contribution in [0.3, 0.4) is 0 Å². The molecule has 2 aromatic rings. The standard InChI is InChI=1S/C16H19NO3S/c1-12-10-15(5-4-13(12)11-17-2)20-14-6-8-16(9-7-14)21(3,18)19/h4-10,17H,11H2,1-3H3. The fourth-order valence-corrected chi connectivity index (χ4v) is 2.64. The number of hydrogen-bond acceptors (Lipinski definition) is 4. The van der Waals surface area contributed by atoms with Gasteiger partial charge in [0.15, 0.2) is 9.84 Å². The van der Waals surface area contributed by atoms with Gasteiger partial charge >= 0.3 is 0 Å². The van der Waals surface area contributed by atoms with Gasteiger partial charge in [-0.1, -0.05) is 6.07 Å². The summed E-state index contributed by atoms with van der Waals surface area (Å²) in [5, 5.41) is 3.12. The lowest BCUT2D eigenvalue weighted by molar-refractivity contribution is 0.481. The van der Waals surface area contributed by atoms with Crippen LogP contribution in [0.4, 0.5) is 0 Å². The molecule has 0 atom stereocenters. The first kappa shape index (κ1) is 15.5. The topological polar surface area (TPSA) is 55.4 Å². The molecule has 2 rings (SSSR count). The van der Waals surface area contributed by atoms with E-state index in [1.165, 1.54) is 11.8 Å². The summed E-state index contributed by atoms with van der Waals surface area (Å²) in [5.41, 5.74) is 2.37. The number of nitrogens with one attached hydrogen (secondary N) is 1. The highest BCUT2D eigenvalue weighted by Gasteiger charge is 2.07. The summed E-state index contributed by atoms with van der Waals surface area (Å²) >= 11 is 0. The molecule has 112 valence electrons. The second kappa shape index (κ2) is 6.28. The van der Waals surface area contributed by atoms with Gasteiger partial charge in [0.25, 0.3) is 0 Å². The van der Waals surface area contributed by atoms with Gasteiger partial charge in [0.1, 0.15) is 11.5 Å². The van der Waals surface area contributed by atoms with E-state index < -0.39 is 9.84 Å². The van der Waals surface area contributed by atoms with Crippen LogP contribution in [-0.2, 0) is 16.4 Å². The maximum absolute atomic E-state index is 11.4. The second-order valence-corrected chi connectivity index (χ2v) is 6.98. The monoisotopic (exact) mass is 305 g/mol. The highest BCUT2D eigenvalue weighted by molar-refractivity contribution is 7.90. The first-order valence-electron chi connectivity index (χ1n) is 6.62. The van der Waals surface area contributed by atoms with Gasteiger partial charge in [-0.3, -0.25) is 0 Å². The molecule has 0 aliphatic rings. The predicted octanol–water partition coefficient (Wildman–Crippen LogP) is 2.91. The Balaban J connectivity index is 2.17. The maximum atomic E-state index is 11.4. The average molecular weight is 305 g/mol. The quantitative estimate of drug-likeness (QED) is 0.923. The Labute approximate surface area is 125 Å². The van der Waals surface area contributed by atoms with Gasteiger partial charge in [-0.2, -0.15) is 0 Å². The molecule has 0 saturated heterocycles. The third-order valence-corrected chi connectivity index (χ3v) is 4.30. The van der Waals surface area contributed by atoms with E-state index in [1.54, 1.807) is 24.3 Å². The molecule has 4 nitrogen and oxygen atoms in total. The Morgan fingerprint density at radius 3 is 2.19 bits per heavy atom. The Morgan fingerprint density at radius 2 is 1.67 bits per heavy atom. The second-order valence-electron chi connectivity index (χ2n) is 4.96. The highest BCUT2D eigenvalue weighted by atomic mass is 32.2. The van der Waals surface area contributed by atoms with Crippen molar-refractivity contribution >= 4 is 9.84 Å². The normalized spacial score (nSPS) is 11.4. The van der Waals surface area contributed by atoms with Crippen LogP contribution in [0.15, 0.2) is 47.4 Å². The van der Waals surface area contributed by atoms with Crippen LogP contribution in [0.25, 0.3) is 0 Å². The zero-order valence-electron chi connectivity index (χ0n) is 12.4. The Kier molecular flexibility index (Phi) is 4.65. The summed E-state index contributed by atoms with van der Waals surface area (Å²) < 4.78 is 28.5. The third kappa shape index (κ3) is 4.06. The van der Waals surface area contributed by atoms with Crippen LogP contribution in [0.1, 0.15) is 11.1 Å². The summed E-state index contributed by atoms with van der Waals surface area (Å²) in [6, 6.07) is 12.3. The highest BCUT2D eigenvalue weighted by Crippen LogP contribution is 2.25. The summed E-state index contributed by atoms with van der Waals surface area (Å²) in [6.07, 6.45) is 1.19. The van der Waals surface area contributed by atoms with E-state index in [1.807, 2.05) is 32.2 Å². The third-order valence-electron chi connectivity index (χ3n) is 3.17. The number of rotatable bonds is 5. The lowest BCUT2D eigenvalue weighted by atomic mass is 10.1. The zero-order valence-corrected chi connectivity index (χ0v) is 13.2. The van der Waals surface area contributed by atoms with E-state index in [-0.39, 0.29) is 4.90 Å². The lowest BCUT2D eigenvalue weighted by Crippen LogP contribution is -2.06. The van der Waals surface area contributed by atoms with Crippen molar-refractivity contribution in [2.75, 3.05) is 13.3 Å². The minimum absolute atomic E-state index is 0.287. The van der Waals surface area contributed by atoms with E-state index in [0.29, 0.717) is 5.75 Å². The molecule has 0 spiro atoms. The van der Waals surface area contributed by atoms with Gasteiger partial charge in [0.2, 0.25) is 0 Å². The van der Waals surface area contributed by atoms with E-state index >= 15 is 0 Å². The Morgan fingerprint density at radius 1 is 1.05 bits per heavy atom. The molecule has 0 aromatic heterocycles. The fraction of sp³-hybridized carbons (Fsp3) is 0.250. The van der Waals surface area contributed by atoms with Crippen LogP contribution in [0, 0.1) is 6.92 Å². The molecule has 0 heterocycles. The molecule has 0 unspecified atom stereocenters. The van der Waals surface area contributed by atoms with Gasteiger partial charge in [-0.25, -0.2) is 8.42 Å². The molecule has 21 heavy (non-hydrogen) atoms. The minimum Gasteiger partial charge on any atom is -0.457 e. The molecule has 1 N–H and O–H groups in total.